The molecule has 0 radical (unpaired) electrons. The van der Waals surface area contributed by atoms with E-state index >= 15 is 0 Å². The van der Waals surface area contributed by atoms with E-state index in [-0.39, 0.29) is 24.0 Å². The van der Waals surface area contributed by atoms with E-state index in [1.54, 1.807) is 7.11 Å². The van der Waals surface area contributed by atoms with E-state index in [2.05, 4.69) is 49.5 Å². The molecule has 1 aliphatic heterocycles. The first kappa shape index (κ1) is 26.2. The van der Waals surface area contributed by atoms with Crippen molar-refractivity contribution in [2.75, 3.05) is 57.8 Å². The molecule has 1 fully saturated rings. The predicted octanol–water partition coefficient (Wildman–Crippen LogP) is 3.19. The van der Waals surface area contributed by atoms with Gasteiger partial charge in [0, 0.05) is 45.0 Å². The molecule has 1 aromatic heterocycles. The van der Waals surface area contributed by atoms with Gasteiger partial charge in [-0.25, -0.2) is 9.98 Å². The summed E-state index contributed by atoms with van der Waals surface area (Å²) in [7, 11) is 1.70. The number of oxazole rings is 1. The molecule has 9 heteroatoms. The number of halogens is 1. The van der Waals surface area contributed by atoms with Crippen LogP contribution in [-0.2, 0) is 6.54 Å². The highest BCUT2D eigenvalue weighted by Gasteiger charge is 2.16. The van der Waals surface area contributed by atoms with Crippen molar-refractivity contribution < 1.29 is 9.15 Å². The van der Waals surface area contributed by atoms with Gasteiger partial charge in [-0.1, -0.05) is 0 Å². The zero-order chi connectivity index (χ0) is 22.1. The summed E-state index contributed by atoms with van der Waals surface area (Å²) in [5.74, 6) is 3.22. The molecule has 2 heterocycles. The summed E-state index contributed by atoms with van der Waals surface area (Å²) in [6.45, 7) is 13.5. The van der Waals surface area contributed by atoms with Crippen LogP contribution in [0.3, 0.4) is 0 Å². The van der Waals surface area contributed by atoms with Crippen LogP contribution >= 0.6 is 24.0 Å². The molecule has 0 spiro atoms. The van der Waals surface area contributed by atoms with Gasteiger partial charge in [0.05, 0.1) is 12.8 Å². The number of rotatable bonds is 9. The summed E-state index contributed by atoms with van der Waals surface area (Å²) in [4.78, 5) is 14.0. The third-order valence-electron chi connectivity index (χ3n) is 5.54. The van der Waals surface area contributed by atoms with E-state index < -0.39 is 0 Å². The van der Waals surface area contributed by atoms with Crippen molar-refractivity contribution in [3.63, 3.8) is 0 Å². The largest absolute Gasteiger partial charge is 0.497 e. The molecule has 0 unspecified atom stereocenters. The smallest absolute Gasteiger partial charge is 0.216 e. The van der Waals surface area contributed by atoms with Gasteiger partial charge in [-0.2, -0.15) is 0 Å². The minimum atomic E-state index is 0. The number of nitrogens with one attached hydrogen (secondary N) is 2. The quantitative estimate of drug-likeness (QED) is 0.213. The zero-order valence-corrected chi connectivity index (χ0v) is 22.0. The van der Waals surface area contributed by atoms with Crippen LogP contribution in [0.2, 0.25) is 0 Å². The highest BCUT2D eigenvalue weighted by molar-refractivity contribution is 14.0. The van der Waals surface area contributed by atoms with Crippen molar-refractivity contribution >= 4 is 35.6 Å². The number of piperazine rings is 1. The number of anilines is 1. The van der Waals surface area contributed by atoms with Crippen LogP contribution in [0.5, 0.6) is 5.75 Å². The Morgan fingerprint density at radius 1 is 1.12 bits per heavy atom. The summed E-state index contributed by atoms with van der Waals surface area (Å²) in [6, 6.07) is 8.34. The highest BCUT2D eigenvalue weighted by atomic mass is 127. The summed E-state index contributed by atoms with van der Waals surface area (Å²) < 4.78 is 10.9. The van der Waals surface area contributed by atoms with Crippen molar-refractivity contribution in [1.82, 2.24) is 20.5 Å². The van der Waals surface area contributed by atoms with Crippen molar-refractivity contribution in [2.45, 2.75) is 33.7 Å². The number of ether oxygens (including phenoxy) is 1. The van der Waals surface area contributed by atoms with E-state index in [0.29, 0.717) is 12.4 Å². The number of nitrogens with zero attached hydrogens (tertiary/aromatic N) is 4. The van der Waals surface area contributed by atoms with Crippen LogP contribution in [0, 0.1) is 13.8 Å². The minimum Gasteiger partial charge on any atom is -0.497 e. The molecule has 2 aromatic rings. The maximum absolute atomic E-state index is 5.61. The van der Waals surface area contributed by atoms with Gasteiger partial charge in [0.1, 0.15) is 18.1 Å². The van der Waals surface area contributed by atoms with E-state index in [4.69, 9.17) is 9.15 Å². The van der Waals surface area contributed by atoms with Gasteiger partial charge in [0.25, 0.3) is 0 Å². The Kier molecular flexibility index (Phi) is 11.1. The lowest BCUT2D eigenvalue weighted by Gasteiger charge is -2.36. The lowest BCUT2D eigenvalue weighted by atomic mass is 10.2. The molecular formula is C23H37IN6O2. The normalized spacial score (nSPS) is 14.8. The standard InChI is InChI=1S/C23H36N6O2.HI/c1-5-24-23(26-17-22-27-18(2)19(3)31-22)25-11-6-12-28-13-15-29(16-14-28)20-7-9-21(30-4)10-8-20;/h7-10H,5-6,11-17H2,1-4H3,(H2,24,25,26);1H. The zero-order valence-electron chi connectivity index (χ0n) is 19.7. The first-order valence-electron chi connectivity index (χ1n) is 11.2. The van der Waals surface area contributed by atoms with Gasteiger partial charge >= 0.3 is 0 Å². The second-order valence-corrected chi connectivity index (χ2v) is 7.75. The number of hydrogen-bond donors (Lipinski definition) is 2. The Morgan fingerprint density at radius 2 is 1.84 bits per heavy atom. The molecule has 178 valence electrons. The maximum Gasteiger partial charge on any atom is 0.216 e. The van der Waals surface area contributed by atoms with Gasteiger partial charge in [-0.3, -0.25) is 4.90 Å². The molecule has 2 N–H and O–H groups in total. The molecule has 8 nitrogen and oxygen atoms in total. The number of aryl methyl sites for hydroxylation is 2. The number of guanidine groups is 1. The lowest BCUT2D eigenvalue weighted by molar-refractivity contribution is 0.255. The van der Waals surface area contributed by atoms with Crippen LogP contribution in [0.1, 0.15) is 30.7 Å². The Labute approximate surface area is 208 Å². The monoisotopic (exact) mass is 556 g/mol. The Balaban J connectivity index is 0.00000363. The Morgan fingerprint density at radius 3 is 2.44 bits per heavy atom. The second-order valence-electron chi connectivity index (χ2n) is 7.75. The molecular weight excluding hydrogens is 519 g/mol. The van der Waals surface area contributed by atoms with Crippen LogP contribution in [0.25, 0.3) is 0 Å². The number of benzene rings is 1. The fourth-order valence-electron chi connectivity index (χ4n) is 3.63. The number of aliphatic imine (C=N–C) groups is 1. The number of aromatic nitrogens is 1. The number of hydrogen-bond acceptors (Lipinski definition) is 6. The van der Waals surface area contributed by atoms with Crippen LogP contribution in [0.15, 0.2) is 33.7 Å². The first-order chi connectivity index (χ1) is 15.1. The molecule has 3 rings (SSSR count). The summed E-state index contributed by atoms with van der Waals surface area (Å²) in [5.41, 5.74) is 2.19. The molecule has 0 aliphatic carbocycles. The SMILES string of the molecule is CCNC(=NCc1nc(C)c(C)o1)NCCCN1CCN(c2ccc(OC)cc2)CC1.I. The summed E-state index contributed by atoms with van der Waals surface area (Å²) in [5, 5.41) is 6.70. The van der Waals surface area contributed by atoms with Gasteiger partial charge in [0.15, 0.2) is 5.96 Å². The second kappa shape index (κ2) is 13.5. The van der Waals surface area contributed by atoms with Crippen molar-refractivity contribution in [3.8, 4) is 5.75 Å². The summed E-state index contributed by atoms with van der Waals surface area (Å²) in [6.07, 6.45) is 1.07. The topological polar surface area (TPSA) is 78.2 Å². The molecule has 1 aliphatic rings. The van der Waals surface area contributed by atoms with Crippen LogP contribution < -0.4 is 20.3 Å². The van der Waals surface area contributed by atoms with E-state index in [1.807, 2.05) is 26.0 Å². The highest BCUT2D eigenvalue weighted by Crippen LogP contribution is 2.20. The fourth-order valence-corrected chi connectivity index (χ4v) is 3.63. The lowest BCUT2D eigenvalue weighted by Crippen LogP contribution is -2.47. The maximum atomic E-state index is 5.61. The van der Waals surface area contributed by atoms with Crippen LogP contribution in [-0.4, -0.2) is 68.8 Å². The number of methoxy groups -OCH3 is 1. The third-order valence-corrected chi connectivity index (χ3v) is 5.54. The third kappa shape index (κ3) is 7.84. The average Bonchev–Trinajstić information content (AvgIpc) is 3.12. The van der Waals surface area contributed by atoms with Gasteiger partial charge in [-0.15, -0.1) is 24.0 Å². The first-order valence-corrected chi connectivity index (χ1v) is 11.2. The van der Waals surface area contributed by atoms with Crippen molar-refractivity contribution in [3.05, 3.63) is 41.6 Å². The van der Waals surface area contributed by atoms with E-state index in [0.717, 1.165) is 75.4 Å². The predicted molar refractivity (Wildman–Crippen MR) is 140 cm³/mol. The van der Waals surface area contributed by atoms with Crippen LogP contribution in [0.4, 0.5) is 5.69 Å². The van der Waals surface area contributed by atoms with E-state index in [1.165, 1.54) is 5.69 Å². The summed E-state index contributed by atoms with van der Waals surface area (Å²) >= 11 is 0. The average molecular weight is 556 g/mol. The fraction of sp³-hybridized carbons (Fsp3) is 0.565. The van der Waals surface area contributed by atoms with Crippen molar-refractivity contribution in [1.29, 1.82) is 0 Å². The Hall–Kier alpha value is -2.01. The molecule has 0 amide bonds. The van der Waals surface area contributed by atoms with Gasteiger partial charge in [-0.05, 0) is 58.0 Å². The molecule has 0 bridgehead atoms. The molecule has 1 aromatic carbocycles. The minimum absolute atomic E-state index is 0. The Bertz CT molecular complexity index is 812. The van der Waals surface area contributed by atoms with E-state index in [9.17, 15) is 0 Å². The van der Waals surface area contributed by atoms with Crippen molar-refractivity contribution in [2.24, 2.45) is 4.99 Å². The van der Waals surface area contributed by atoms with Gasteiger partial charge < -0.3 is 24.7 Å². The molecule has 0 atom stereocenters. The molecule has 1 saturated heterocycles. The molecule has 0 saturated carbocycles. The molecule has 32 heavy (non-hydrogen) atoms. The van der Waals surface area contributed by atoms with Gasteiger partial charge in [0.2, 0.25) is 5.89 Å².